The van der Waals surface area contributed by atoms with E-state index in [1.165, 1.54) is 0 Å². The first-order chi connectivity index (χ1) is 5.91. The van der Waals surface area contributed by atoms with Crippen LogP contribution >= 0.6 is 0 Å². The summed E-state index contributed by atoms with van der Waals surface area (Å²) in [6, 6.07) is 0. The van der Waals surface area contributed by atoms with E-state index < -0.39 is 12.1 Å². The van der Waals surface area contributed by atoms with Gasteiger partial charge in [0.1, 0.15) is 0 Å². The van der Waals surface area contributed by atoms with E-state index in [9.17, 15) is 13.2 Å². The fraction of sp³-hybridized carbons (Fsp3) is 0.800. The molecule has 76 valence electrons. The van der Waals surface area contributed by atoms with Crippen molar-refractivity contribution in [3.8, 4) is 0 Å². The Labute approximate surface area is 76.8 Å². The molecule has 0 aliphatic heterocycles. The lowest BCUT2D eigenvalue weighted by Gasteiger charge is -2.30. The Morgan fingerprint density at radius 1 is 1.31 bits per heavy atom. The third kappa shape index (κ3) is 2.75. The van der Waals surface area contributed by atoms with Crippen LogP contribution in [0.1, 0.15) is 32.6 Å². The van der Waals surface area contributed by atoms with Crippen molar-refractivity contribution in [3.05, 3.63) is 12.2 Å². The van der Waals surface area contributed by atoms with Gasteiger partial charge in [-0.3, -0.25) is 0 Å². The number of halogens is 3. The van der Waals surface area contributed by atoms with Gasteiger partial charge < -0.3 is 0 Å². The number of allylic oxidation sites excluding steroid dienone is 1. The Morgan fingerprint density at radius 3 is 2.38 bits per heavy atom. The highest BCUT2D eigenvalue weighted by Gasteiger charge is 2.42. The smallest absolute Gasteiger partial charge is 0.171 e. The molecule has 0 heterocycles. The quantitative estimate of drug-likeness (QED) is 0.552. The van der Waals surface area contributed by atoms with Gasteiger partial charge in [-0.15, -0.1) is 0 Å². The van der Waals surface area contributed by atoms with Crippen molar-refractivity contribution in [2.45, 2.75) is 38.8 Å². The number of rotatable bonds is 1. The molecule has 1 fully saturated rings. The van der Waals surface area contributed by atoms with Crippen LogP contribution in [0.2, 0.25) is 0 Å². The van der Waals surface area contributed by atoms with Crippen LogP contribution in [-0.4, -0.2) is 6.18 Å². The lowest BCUT2D eigenvalue weighted by Crippen LogP contribution is -2.28. The molecule has 0 aromatic carbocycles. The third-order valence-corrected chi connectivity index (χ3v) is 2.83. The summed E-state index contributed by atoms with van der Waals surface area (Å²) in [6.07, 6.45) is -1.90. The first-order valence-corrected chi connectivity index (χ1v) is 4.63. The lowest BCUT2D eigenvalue weighted by molar-refractivity contribution is -0.184. The molecule has 2 atom stereocenters. The van der Waals surface area contributed by atoms with Crippen molar-refractivity contribution in [3.63, 3.8) is 0 Å². The summed E-state index contributed by atoms with van der Waals surface area (Å²) >= 11 is 0. The van der Waals surface area contributed by atoms with E-state index in [-0.39, 0.29) is 12.3 Å². The van der Waals surface area contributed by atoms with E-state index in [4.69, 9.17) is 0 Å². The van der Waals surface area contributed by atoms with Gasteiger partial charge in [-0.05, 0) is 32.1 Å². The van der Waals surface area contributed by atoms with E-state index >= 15 is 0 Å². The molecule has 2 unspecified atom stereocenters. The summed E-state index contributed by atoms with van der Waals surface area (Å²) in [6.45, 7) is 5.55. The molecule has 1 aliphatic carbocycles. The third-order valence-electron chi connectivity index (χ3n) is 2.83. The molecule has 0 N–H and O–H groups in total. The minimum absolute atomic E-state index is 0.0837. The van der Waals surface area contributed by atoms with Gasteiger partial charge in [0.15, 0.2) is 0 Å². The first-order valence-electron chi connectivity index (χ1n) is 4.63. The largest absolute Gasteiger partial charge is 0.391 e. The van der Waals surface area contributed by atoms with E-state index in [1.807, 2.05) is 6.92 Å². The van der Waals surface area contributed by atoms with Crippen LogP contribution in [0, 0.1) is 11.8 Å². The Balaban J connectivity index is 2.57. The molecular formula is C10H15F3. The van der Waals surface area contributed by atoms with Crippen LogP contribution in [0.4, 0.5) is 13.2 Å². The van der Waals surface area contributed by atoms with Gasteiger partial charge in [0.25, 0.3) is 0 Å². The highest BCUT2D eigenvalue weighted by atomic mass is 19.4. The van der Waals surface area contributed by atoms with E-state index in [0.717, 1.165) is 12.0 Å². The monoisotopic (exact) mass is 192 g/mol. The van der Waals surface area contributed by atoms with Crippen molar-refractivity contribution in [2.24, 2.45) is 11.8 Å². The van der Waals surface area contributed by atoms with Crippen molar-refractivity contribution in [2.75, 3.05) is 0 Å². The molecule has 0 aromatic heterocycles. The van der Waals surface area contributed by atoms with Gasteiger partial charge in [0.05, 0.1) is 5.92 Å². The van der Waals surface area contributed by atoms with E-state index in [0.29, 0.717) is 12.8 Å². The normalized spacial score (nSPS) is 30.2. The average Bonchev–Trinajstić information content (AvgIpc) is 2.03. The molecular weight excluding hydrogens is 177 g/mol. The molecule has 0 spiro atoms. The summed E-state index contributed by atoms with van der Waals surface area (Å²) in [5.41, 5.74) is 0.897. The summed E-state index contributed by atoms with van der Waals surface area (Å²) < 4.78 is 37.0. The fourth-order valence-corrected chi connectivity index (χ4v) is 1.93. The standard InChI is InChI=1S/C10H15F3/c1-7(2)8-4-3-5-9(6-8)10(11,12)13/h8-9H,1,3-6H2,2H3. The molecule has 1 rings (SSSR count). The number of hydrogen-bond donors (Lipinski definition) is 0. The van der Waals surface area contributed by atoms with Gasteiger partial charge in [-0.2, -0.15) is 13.2 Å². The second kappa shape index (κ2) is 3.72. The second-order valence-corrected chi connectivity index (χ2v) is 3.95. The van der Waals surface area contributed by atoms with Gasteiger partial charge in [0.2, 0.25) is 0 Å². The molecule has 0 amide bonds. The van der Waals surface area contributed by atoms with E-state index in [1.54, 1.807) is 0 Å². The zero-order valence-electron chi connectivity index (χ0n) is 7.82. The van der Waals surface area contributed by atoms with Gasteiger partial charge in [-0.25, -0.2) is 0 Å². The van der Waals surface area contributed by atoms with Gasteiger partial charge >= 0.3 is 6.18 Å². The van der Waals surface area contributed by atoms with Crippen molar-refractivity contribution in [1.82, 2.24) is 0 Å². The zero-order chi connectivity index (χ0) is 10.1. The highest BCUT2D eigenvalue weighted by Crippen LogP contribution is 2.41. The summed E-state index contributed by atoms with van der Waals surface area (Å²) in [4.78, 5) is 0. The van der Waals surface area contributed by atoms with Crippen molar-refractivity contribution in [1.29, 1.82) is 0 Å². The molecule has 1 aliphatic rings. The number of alkyl halides is 3. The summed E-state index contributed by atoms with van der Waals surface area (Å²) in [5.74, 6) is -1.01. The first kappa shape index (κ1) is 10.6. The second-order valence-electron chi connectivity index (χ2n) is 3.95. The maximum Gasteiger partial charge on any atom is 0.391 e. The highest BCUT2D eigenvalue weighted by molar-refractivity contribution is 4.99. The SMILES string of the molecule is C=C(C)C1CCCC(C(F)(F)F)C1. The topological polar surface area (TPSA) is 0 Å². The molecule has 0 saturated heterocycles. The van der Waals surface area contributed by atoms with Crippen LogP contribution in [0.5, 0.6) is 0 Å². The minimum Gasteiger partial charge on any atom is -0.171 e. The molecule has 0 aromatic rings. The Morgan fingerprint density at radius 2 is 1.92 bits per heavy atom. The average molecular weight is 192 g/mol. The molecule has 1 saturated carbocycles. The predicted octanol–water partition coefficient (Wildman–Crippen LogP) is 3.93. The maximum atomic E-state index is 12.3. The van der Waals surface area contributed by atoms with Crippen LogP contribution < -0.4 is 0 Å². The van der Waals surface area contributed by atoms with Crippen LogP contribution in [-0.2, 0) is 0 Å². The van der Waals surface area contributed by atoms with Crippen molar-refractivity contribution < 1.29 is 13.2 Å². The molecule has 0 radical (unpaired) electrons. The minimum atomic E-state index is -4.01. The molecule has 0 nitrogen and oxygen atoms in total. The van der Waals surface area contributed by atoms with Crippen LogP contribution in [0.25, 0.3) is 0 Å². The molecule has 13 heavy (non-hydrogen) atoms. The summed E-state index contributed by atoms with van der Waals surface area (Å²) in [5, 5.41) is 0. The van der Waals surface area contributed by atoms with Crippen LogP contribution in [0.3, 0.4) is 0 Å². The van der Waals surface area contributed by atoms with Crippen LogP contribution in [0.15, 0.2) is 12.2 Å². The molecule has 0 bridgehead atoms. The fourth-order valence-electron chi connectivity index (χ4n) is 1.93. The number of hydrogen-bond acceptors (Lipinski definition) is 0. The zero-order valence-corrected chi connectivity index (χ0v) is 7.82. The Kier molecular flexibility index (Phi) is 3.04. The van der Waals surface area contributed by atoms with Gasteiger partial charge in [0, 0.05) is 0 Å². The van der Waals surface area contributed by atoms with E-state index in [2.05, 4.69) is 6.58 Å². The maximum absolute atomic E-state index is 12.3. The Bertz CT molecular complexity index is 193. The lowest BCUT2D eigenvalue weighted by atomic mass is 9.78. The Hall–Kier alpha value is -0.470. The summed E-state index contributed by atoms with van der Waals surface area (Å²) in [7, 11) is 0. The predicted molar refractivity (Wildman–Crippen MR) is 46.3 cm³/mol. The molecule has 3 heteroatoms. The van der Waals surface area contributed by atoms with Gasteiger partial charge in [-0.1, -0.05) is 18.6 Å². The van der Waals surface area contributed by atoms with Crippen molar-refractivity contribution >= 4 is 0 Å².